The van der Waals surface area contributed by atoms with E-state index in [2.05, 4.69) is 10.2 Å². The summed E-state index contributed by atoms with van der Waals surface area (Å²) in [6.45, 7) is 3.36. The molecule has 1 fully saturated rings. The number of carbonyl (C=O) groups excluding carboxylic acids is 1. The van der Waals surface area contributed by atoms with Crippen molar-refractivity contribution >= 4 is 11.6 Å². The van der Waals surface area contributed by atoms with Crippen LogP contribution in [-0.2, 0) is 4.74 Å². The predicted molar refractivity (Wildman–Crippen MR) is 97.0 cm³/mol. The summed E-state index contributed by atoms with van der Waals surface area (Å²) in [7, 11) is 0. The average Bonchev–Trinajstić information content (AvgIpc) is 2.69. The first-order valence-electron chi connectivity index (χ1n) is 8.54. The number of hydrogen-bond acceptors (Lipinski definition) is 5. The number of carbonyl (C=O) groups is 1. The van der Waals surface area contributed by atoms with Crippen LogP contribution in [0, 0.1) is 10.1 Å². The SMILES string of the molecule is O=C(NCC(c1ccccc1)N1CCOCC1)c1cccc([N+](=O)[O-])c1. The molecule has 3 rings (SSSR count). The third kappa shape index (κ3) is 4.44. The highest BCUT2D eigenvalue weighted by atomic mass is 16.6. The van der Waals surface area contributed by atoms with Crippen molar-refractivity contribution in [2.24, 2.45) is 0 Å². The highest BCUT2D eigenvalue weighted by Gasteiger charge is 2.23. The maximum Gasteiger partial charge on any atom is 0.270 e. The Bertz CT molecular complexity index is 760. The van der Waals surface area contributed by atoms with Crippen molar-refractivity contribution in [3.8, 4) is 0 Å². The number of morpholine rings is 1. The zero-order valence-corrected chi connectivity index (χ0v) is 14.3. The van der Waals surface area contributed by atoms with Crippen molar-refractivity contribution < 1.29 is 14.5 Å². The topological polar surface area (TPSA) is 84.7 Å². The summed E-state index contributed by atoms with van der Waals surface area (Å²) < 4.78 is 5.42. The first-order valence-corrected chi connectivity index (χ1v) is 8.54. The summed E-state index contributed by atoms with van der Waals surface area (Å²) in [5.41, 5.74) is 1.31. The van der Waals surface area contributed by atoms with Crippen LogP contribution < -0.4 is 5.32 Å². The quantitative estimate of drug-likeness (QED) is 0.635. The van der Waals surface area contributed by atoms with Gasteiger partial charge in [0.15, 0.2) is 0 Å². The second-order valence-corrected chi connectivity index (χ2v) is 6.09. The Labute approximate surface area is 151 Å². The highest BCUT2D eigenvalue weighted by molar-refractivity contribution is 5.94. The smallest absolute Gasteiger partial charge is 0.270 e. The van der Waals surface area contributed by atoms with Crippen LogP contribution in [0.2, 0.25) is 0 Å². The Morgan fingerprint density at radius 2 is 1.88 bits per heavy atom. The van der Waals surface area contributed by atoms with E-state index in [1.165, 1.54) is 18.2 Å². The molecule has 0 aliphatic carbocycles. The minimum absolute atomic E-state index is 0.0303. The second-order valence-electron chi connectivity index (χ2n) is 6.09. The molecular formula is C19H21N3O4. The predicted octanol–water partition coefficient (Wildman–Crippen LogP) is 2.40. The fraction of sp³-hybridized carbons (Fsp3) is 0.316. The Morgan fingerprint density at radius 1 is 1.15 bits per heavy atom. The van der Waals surface area contributed by atoms with Crippen molar-refractivity contribution in [1.29, 1.82) is 0 Å². The van der Waals surface area contributed by atoms with Crippen LogP contribution in [0.3, 0.4) is 0 Å². The molecule has 1 N–H and O–H groups in total. The Hall–Kier alpha value is -2.77. The van der Waals surface area contributed by atoms with Crippen molar-refractivity contribution in [2.75, 3.05) is 32.8 Å². The van der Waals surface area contributed by atoms with Gasteiger partial charge in [0.25, 0.3) is 11.6 Å². The minimum Gasteiger partial charge on any atom is -0.379 e. The lowest BCUT2D eigenvalue weighted by molar-refractivity contribution is -0.384. The van der Waals surface area contributed by atoms with Gasteiger partial charge in [-0.05, 0) is 11.6 Å². The van der Waals surface area contributed by atoms with E-state index < -0.39 is 4.92 Å². The molecule has 0 bridgehead atoms. The van der Waals surface area contributed by atoms with Crippen LogP contribution in [0.5, 0.6) is 0 Å². The number of nitro benzene ring substituents is 1. The summed E-state index contributed by atoms with van der Waals surface area (Å²) in [6.07, 6.45) is 0. The molecule has 1 aliphatic rings. The standard InChI is InChI=1S/C19H21N3O4/c23-19(16-7-4-8-17(13-16)22(24)25)20-14-18(15-5-2-1-3-6-15)21-9-11-26-12-10-21/h1-8,13,18H,9-12,14H2,(H,20,23). The lowest BCUT2D eigenvalue weighted by Crippen LogP contribution is -2.43. The van der Waals surface area contributed by atoms with Crippen molar-refractivity contribution in [1.82, 2.24) is 10.2 Å². The molecule has 7 heteroatoms. The molecule has 1 heterocycles. The number of ether oxygens (including phenoxy) is 1. The Balaban J connectivity index is 1.72. The van der Waals surface area contributed by atoms with E-state index in [1.54, 1.807) is 6.07 Å². The molecule has 1 amide bonds. The second kappa shape index (κ2) is 8.55. The molecule has 7 nitrogen and oxygen atoms in total. The zero-order valence-electron chi connectivity index (χ0n) is 14.3. The fourth-order valence-corrected chi connectivity index (χ4v) is 3.07. The Morgan fingerprint density at radius 3 is 2.58 bits per heavy atom. The lowest BCUT2D eigenvalue weighted by atomic mass is 10.0. The summed E-state index contributed by atoms with van der Waals surface area (Å²) in [4.78, 5) is 25.1. The van der Waals surface area contributed by atoms with Crippen LogP contribution in [-0.4, -0.2) is 48.6 Å². The fourth-order valence-electron chi connectivity index (χ4n) is 3.07. The van der Waals surface area contributed by atoms with E-state index in [9.17, 15) is 14.9 Å². The first-order chi connectivity index (χ1) is 12.6. The van der Waals surface area contributed by atoms with Crippen molar-refractivity contribution in [3.05, 3.63) is 75.8 Å². The molecule has 0 aromatic heterocycles. The van der Waals surface area contributed by atoms with Gasteiger partial charge in [-0.3, -0.25) is 19.8 Å². The maximum atomic E-state index is 12.5. The normalized spacial score (nSPS) is 16.0. The van der Waals surface area contributed by atoms with Gasteiger partial charge in [-0.15, -0.1) is 0 Å². The first kappa shape index (κ1) is 18.0. The molecular weight excluding hydrogens is 334 g/mol. The number of hydrogen-bond donors (Lipinski definition) is 1. The van der Waals surface area contributed by atoms with Crippen LogP contribution in [0.15, 0.2) is 54.6 Å². The van der Waals surface area contributed by atoms with E-state index in [1.807, 2.05) is 30.3 Å². The summed E-state index contributed by atoms with van der Waals surface area (Å²) in [5.74, 6) is -0.317. The van der Waals surface area contributed by atoms with Gasteiger partial charge in [0, 0.05) is 37.3 Å². The number of nitrogens with zero attached hydrogens (tertiary/aromatic N) is 2. The third-order valence-electron chi connectivity index (χ3n) is 4.45. The third-order valence-corrected chi connectivity index (χ3v) is 4.45. The minimum atomic E-state index is -0.503. The number of non-ortho nitro benzene ring substituents is 1. The molecule has 1 saturated heterocycles. The summed E-state index contributed by atoms with van der Waals surface area (Å²) in [5, 5.41) is 13.8. The van der Waals surface area contributed by atoms with E-state index in [-0.39, 0.29) is 23.2 Å². The van der Waals surface area contributed by atoms with Crippen molar-refractivity contribution in [3.63, 3.8) is 0 Å². The van der Waals surface area contributed by atoms with Crippen molar-refractivity contribution in [2.45, 2.75) is 6.04 Å². The lowest BCUT2D eigenvalue weighted by Gasteiger charge is -2.35. The number of nitrogens with one attached hydrogen (secondary N) is 1. The largest absolute Gasteiger partial charge is 0.379 e. The van der Waals surface area contributed by atoms with Gasteiger partial charge >= 0.3 is 0 Å². The maximum absolute atomic E-state index is 12.5. The van der Waals surface area contributed by atoms with Crippen LogP contribution in [0.1, 0.15) is 22.0 Å². The van der Waals surface area contributed by atoms with Gasteiger partial charge in [-0.25, -0.2) is 0 Å². The molecule has 136 valence electrons. The Kier molecular flexibility index (Phi) is 5.93. The molecule has 2 aromatic rings. The van der Waals surface area contributed by atoms with Gasteiger partial charge < -0.3 is 10.1 Å². The summed E-state index contributed by atoms with van der Waals surface area (Å²) >= 11 is 0. The number of rotatable bonds is 6. The van der Waals surface area contributed by atoms with Crippen LogP contribution in [0.25, 0.3) is 0 Å². The van der Waals surface area contributed by atoms with Crippen LogP contribution >= 0.6 is 0 Å². The molecule has 1 aliphatic heterocycles. The van der Waals surface area contributed by atoms with Gasteiger partial charge in [-0.1, -0.05) is 36.4 Å². The molecule has 1 unspecified atom stereocenters. The highest BCUT2D eigenvalue weighted by Crippen LogP contribution is 2.21. The van der Waals surface area contributed by atoms with E-state index in [4.69, 9.17) is 4.74 Å². The number of nitro groups is 1. The summed E-state index contributed by atoms with van der Waals surface area (Å²) in [6, 6.07) is 15.8. The molecule has 0 radical (unpaired) electrons. The van der Waals surface area contributed by atoms with Gasteiger partial charge in [0.2, 0.25) is 0 Å². The van der Waals surface area contributed by atoms with Gasteiger partial charge in [0.05, 0.1) is 24.2 Å². The van der Waals surface area contributed by atoms with Gasteiger partial charge in [-0.2, -0.15) is 0 Å². The molecule has 1 atom stereocenters. The van der Waals surface area contributed by atoms with E-state index >= 15 is 0 Å². The number of benzene rings is 2. The molecule has 26 heavy (non-hydrogen) atoms. The van der Waals surface area contributed by atoms with Crippen LogP contribution in [0.4, 0.5) is 5.69 Å². The monoisotopic (exact) mass is 355 g/mol. The average molecular weight is 355 g/mol. The van der Waals surface area contributed by atoms with E-state index in [0.29, 0.717) is 19.8 Å². The van der Waals surface area contributed by atoms with E-state index in [0.717, 1.165) is 18.7 Å². The number of amides is 1. The molecule has 2 aromatic carbocycles. The molecule has 0 saturated carbocycles. The van der Waals surface area contributed by atoms with Gasteiger partial charge in [0.1, 0.15) is 0 Å². The molecule has 0 spiro atoms. The zero-order chi connectivity index (χ0) is 18.4.